The van der Waals surface area contributed by atoms with Gasteiger partial charge in [-0.05, 0) is 23.8 Å². The van der Waals surface area contributed by atoms with Gasteiger partial charge in [0.15, 0.2) is 5.58 Å². The molecule has 2 N–H and O–H groups in total. The number of H-pyrrole nitrogens is 1. The number of hydrogen-bond donors (Lipinski definition) is 2. The second-order valence-corrected chi connectivity index (χ2v) is 4.51. The van der Waals surface area contributed by atoms with Crippen LogP contribution in [0.15, 0.2) is 51.7 Å². The van der Waals surface area contributed by atoms with Gasteiger partial charge in [0.25, 0.3) is 5.69 Å². The van der Waals surface area contributed by atoms with Crippen LogP contribution in [0.2, 0.25) is 0 Å². The average molecular weight is 285 g/mol. The SMILES string of the molecule is O=c1[nH]c2cc(NCc3cccc([N+](=O)[O-])c3)ccc2o1. The highest BCUT2D eigenvalue weighted by Gasteiger charge is 2.06. The van der Waals surface area contributed by atoms with Gasteiger partial charge in [0, 0.05) is 24.4 Å². The molecule has 0 spiro atoms. The molecular formula is C14H11N3O4. The third-order valence-corrected chi connectivity index (χ3v) is 3.04. The zero-order valence-electron chi connectivity index (χ0n) is 10.8. The van der Waals surface area contributed by atoms with Crippen LogP contribution in [0, 0.1) is 10.1 Å². The minimum atomic E-state index is -0.499. The van der Waals surface area contributed by atoms with Crippen molar-refractivity contribution >= 4 is 22.5 Å². The number of anilines is 1. The summed E-state index contributed by atoms with van der Waals surface area (Å²) in [6.07, 6.45) is 0. The number of aromatic nitrogens is 1. The topological polar surface area (TPSA) is 101 Å². The highest BCUT2D eigenvalue weighted by atomic mass is 16.6. The third kappa shape index (κ3) is 2.76. The van der Waals surface area contributed by atoms with Crippen molar-refractivity contribution in [2.75, 3.05) is 5.32 Å². The number of oxazole rings is 1. The predicted molar refractivity (Wildman–Crippen MR) is 77.3 cm³/mol. The number of nitrogens with one attached hydrogen (secondary N) is 2. The minimum Gasteiger partial charge on any atom is -0.408 e. The van der Waals surface area contributed by atoms with Crippen LogP contribution < -0.4 is 11.1 Å². The molecule has 1 aromatic heterocycles. The summed E-state index contributed by atoms with van der Waals surface area (Å²) in [5.74, 6) is -0.499. The molecule has 106 valence electrons. The number of non-ortho nitro benzene ring substituents is 1. The van der Waals surface area contributed by atoms with Gasteiger partial charge in [0.1, 0.15) is 0 Å². The maximum Gasteiger partial charge on any atom is 0.417 e. The van der Waals surface area contributed by atoms with Gasteiger partial charge in [-0.1, -0.05) is 12.1 Å². The van der Waals surface area contributed by atoms with Gasteiger partial charge in [-0.25, -0.2) is 4.79 Å². The summed E-state index contributed by atoms with van der Waals surface area (Å²) in [6.45, 7) is 0.440. The monoisotopic (exact) mass is 285 g/mol. The third-order valence-electron chi connectivity index (χ3n) is 3.04. The Kier molecular flexibility index (Phi) is 3.15. The fraction of sp³-hybridized carbons (Fsp3) is 0.0714. The maximum atomic E-state index is 11.1. The van der Waals surface area contributed by atoms with Gasteiger partial charge in [0.2, 0.25) is 0 Å². The summed E-state index contributed by atoms with van der Waals surface area (Å²) in [5.41, 5.74) is 2.73. The smallest absolute Gasteiger partial charge is 0.408 e. The lowest BCUT2D eigenvalue weighted by molar-refractivity contribution is -0.384. The molecule has 2 aromatic carbocycles. The molecule has 7 nitrogen and oxygen atoms in total. The lowest BCUT2D eigenvalue weighted by Crippen LogP contribution is -2.00. The van der Waals surface area contributed by atoms with Crippen LogP contribution in [0.25, 0.3) is 11.1 Å². The molecule has 0 bridgehead atoms. The summed E-state index contributed by atoms with van der Waals surface area (Å²) in [5, 5.41) is 13.9. The second-order valence-electron chi connectivity index (χ2n) is 4.51. The maximum absolute atomic E-state index is 11.1. The van der Waals surface area contributed by atoms with E-state index in [0.29, 0.717) is 17.6 Å². The highest BCUT2D eigenvalue weighted by molar-refractivity contribution is 5.76. The Morgan fingerprint density at radius 2 is 2.10 bits per heavy atom. The van der Waals surface area contributed by atoms with Gasteiger partial charge in [-0.15, -0.1) is 0 Å². The Hall–Kier alpha value is -3.09. The van der Waals surface area contributed by atoms with Gasteiger partial charge in [-0.2, -0.15) is 0 Å². The summed E-state index contributed by atoms with van der Waals surface area (Å²) < 4.78 is 4.91. The zero-order chi connectivity index (χ0) is 14.8. The van der Waals surface area contributed by atoms with Crippen molar-refractivity contribution in [2.45, 2.75) is 6.54 Å². The minimum absolute atomic E-state index is 0.0592. The van der Waals surface area contributed by atoms with Gasteiger partial charge in [0.05, 0.1) is 10.4 Å². The summed E-state index contributed by atoms with van der Waals surface area (Å²) in [7, 11) is 0. The van der Waals surface area contributed by atoms with Crippen LogP contribution in [0.4, 0.5) is 11.4 Å². The molecule has 0 unspecified atom stereocenters. The van der Waals surface area contributed by atoms with Crippen LogP contribution in [0.1, 0.15) is 5.56 Å². The van der Waals surface area contributed by atoms with Crippen molar-refractivity contribution < 1.29 is 9.34 Å². The van der Waals surface area contributed by atoms with Crippen LogP contribution in [0.5, 0.6) is 0 Å². The molecule has 3 rings (SSSR count). The molecule has 0 amide bonds. The molecule has 0 saturated heterocycles. The molecule has 0 radical (unpaired) electrons. The lowest BCUT2D eigenvalue weighted by atomic mass is 10.2. The number of hydrogen-bond acceptors (Lipinski definition) is 5. The van der Waals surface area contributed by atoms with Crippen molar-refractivity contribution in [1.82, 2.24) is 4.98 Å². The first-order chi connectivity index (χ1) is 10.1. The quantitative estimate of drug-likeness (QED) is 0.566. The molecule has 0 fully saturated rings. The van der Waals surface area contributed by atoms with E-state index in [1.54, 1.807) is 30.3 Å². The van der Waals surface area contributed by atoms with Crippen LogP contribution in [0.3, 0.4) is 0 Å². The molecule has 0 aliphatic carbocycles. The molecule has 0 aliphatic heterocycles. The Labute approximate surface area is 118 Å². The van der Waals surface area contributed by atoms with E-state index in [-0.39, 0.29) is 5.69 Å². The second kappa shape index (κ2) is 5.12. The van der Waals surface area contributed by atoms with E-state index in [2.05, 4.69) is 10.3 Å². The predicted octanol–water partition coefficient (Wildman–Crippen LogP) is 2.64. The zero-order valence-corrected chi connectivity index (χ0v) is 10.8. The van der Waals surface area contributed by atoms with E-state index >= 15 is 0 Å². The number of fused-ring (bicyclic) bond motifs is 1. The number of aromatic amines is 1. The molecule has 3 aromatic rings. The van der Waals surface area contributed by atoms with E-state index in [1.165, 1.54) is 12.1 Å². The number of nitro benzene ring substituents is 1. The highest BCUT2D eigenvalue weighted by Crippen LogP contribution is 2.18. The number of nitro groups is 1. The number of rotatable bonds is 4. The van der Waals surface area contributed by atoms with E-state index in [4.69, 9.17) is 4.42 Å². The molecule has 0 saturated carbocycles. The van der Waals surface area contributed by atoms with E-state index < -0.39 is 10.7 Å². The summed E-state index contributed by atoms with van der Waals surface area (Å²) in [6, 6.07) is 11.6. The van der Waals surface area contributed by atoms with Crippen LogP contribution in [-0.4, -0.2) is 9.91 Å². The standard InChI is InChI=1S/C14H11N3O4/c18-14-16-12-7-10(4-5-13(12)21-14)15-8-9-2-1-3-11(6-9)17(19)20/h1-7,15H,8H2,(H,16,18). The Bertz CT molecular complexity index is 866. The molecular weight excluding hydrogens is 274 g/mol. The Morgan fingerprint density at radius 3 is 2.90 bits per heavy atom. The fourth-order valence-corrected chi connectivity index (χ4v) is 2.05. The first-order valence-electron chi connectivity index (χ1n) is 6.22. The first-order valence-corrected chi connectivity index (χ1v) is 6.22. The van der Waals surface area contributed by atoms with Gasteiger partial charge in [-0.3, -0.25) is 15.1 Å². The fourth-order valence-electron chi connectivity index (χ4n) is 2.05. The molecule has 21 heavy (non-hydrogen) atoms. The van der Waals surface area contributed by atoms with Gasteiger partial charge < -0.3 is 9.73 Å². The largest absolute Gasteiger partial charge is 0.417 e. The molecule has 7 heteroatoms. The lowest BCUT2D eigenvalue weighted by Gasteiger charge is -2.06. The molecule has 0 aliphatic rings. The Balaban J connectivity index is 1.78. The van der Waals surface area contributed by atoms with Crippen molar-refractivity contribution in [1.29, 1.82) is 0 Å². The summed E-state index contributed by atoms with van der Waals surface area (Å²) in [4.78, 5) is 23.9. The van der Waals surface area contributed by atoms with Crippen LogP contribution in [-0.2, 0) is 6.54 Å². The summed E-state index contributed by atoms with van der Waals surface area (Å²) >= 11 is 0. The molecule has 0 atom stereocenters. The van der Waals surface area contributed by atoms with Crippen molar-refractivity contribution in [2.24, 2.45) is 0 Å². The van der Waals surface area contributed by atoms with E-state index in [9.17, 15) is 14.9 Å². The Morgan fingerprint density at radius 1 is 1.24 bits per heavy atom. The number of nitrogens with zero attached hydrogens (tertiary/aromatic N) is 1. The normalized spacial score (nSPS) is 10.7. The van der Waals surface area contributed by atoms with Crippen LogP contribution >= 0.6 is 0 Å². The average Bonchev–Trinajstić information content (AvgIpc) is 2.84. The van der Waals surface area contributed by atoms with E-state index in [0.717, 1.165) is 11.3 Å². The molecule has 1 heterocycles. The van der Waals surface area contributed by atoms with E-state index in [1.807, 2.05) is 0 Å². The van der Waals surface area contributed by atoms with Crippen molar-refractivity contribution in [3.05, 3.63) is 68.7 Å². The van der Waals surface area contributed by atoms with Crippen molar-refractivity contribution in [3.8, 4) is 0 Å². The van der Waals surface area contributed by atoms with Gasteiger partial charge >= 0.3 is 5.76 Å². The van der Waals surface area contributed by atoms with Crippen molar-refractivity contribution in [3.63, 3.8) is 0 Å². The first kappa shape index (κ1) is 12.9. The number of benzene rings is 2.